The molecule has 4 aromatic rings. The molecule has 0 bridgehead atoms. The van der Waals surface area contributed by atoms with Gasteiger partial charge in [-0.05, 0) is 37.4 Å². The molecule has 13 heteroatoms. The molecule has 3 heterocycles. The van der Waals surface area contributed by atoms with Gasteiger partial charge in [-0.2, -0.15) is 10.1 Å². The van der Waals surface area contributed by atoms with E-state index in [1.54, 1.807) is 36.3 Å². The number of morpholine rings is 1. The maximum atomic E-state index is 13.6. The van der Waals surface area contributed by atoms with Crippen molar-refractivity contribution in [2.75, 3.05) is 38.7 Å². The molecule has 0 saturated carbocycles. The monoisotopic (exact) mass is 546 g/mol. The SMILES string of the molecule is C.CNCc1noc(COc2ccc(-c3n[nH]c4c3C(=O)c3c(NC(=O)NN5CCOCC5)cccc3-4)cc2)n1. The summed E-state index contributed by atoms with van der Waals surface area (Å²) in [4.78, 5) is 30.5. The van der Waals surface area contributed by atoms with Crippen molar-refractivity contribution in [3.63, 3.8) is 0 Å². The Morgan fingerprint density at radius 2 is 1.93 bits per heavy atom. The summed E-state index contributed by atoms with van der Waals surface area (Å²) in [6, 6.07) is 12.2. The van der Waals surface area contributed by atoms with Gasteiger partial charge >= 0.3 is 6.03 Å². The van der Waals surface area contributed by atoms with Crippen LogP contribution < -0.4 is 20.8 Å². The average molecular weight is 547 g/mol. The Balaban J connectivity index is 0.00000323. The second kappa shape index (κ2) is 11.7. The van der Waals surface area contributed by atoms with Crippen molar-refractivity contribution >= 4 is 17.5 Å². The smallest absolute Gasteiger partial charge is 0.333 e. The van der Waals surface area contributed by atoms with E-state index in [9.17, 15) is 9.59 Å². The number of urea groups is 1. The molecule has 2 aliphatic rings. The average Bonchev–Trinajstić information content (AvgIpc) is 3.66. The summed E-state index contributed by atoms with van der Waals surface area (Å²) in [5.41, 5.74) is 6.70. The first kappa shape index (κ1) is 27.0. The van der Waals surface area contributed by atoms with Gasteiger partial charge in [-0.1, -0.05) is 24.7 Å². The summed E-state index contributed by atoms with van der Waals surface area (Å²) in [6.07, 6.45) is 0. The number of H-pyrrole nitrogens is 1. The second-order valence-corrected chi connectivity index (χ2v) is 8.99. The van der Waals surface area contributed by atoms with Crippen molar-refractivity contribution in [1.82, 2.24) is 36.1 Å². The summed E-state index contributed by atoms with van der Waals surface area (Å²) in [5.74, 6) is 1.33. The largest absolute Gasteiger partial charge is 0.484 e. The molecule has 2 aromatic carbocycles. The number of aromatic amines is 1. The van der Waals surface area contributed by atoms with Gasteiger partial charge in [0.1, 0.15) is 11.4 Å². The van der Waals surface area contributed by atoms with E-state index in [-0.39, 0.29) is 19.8 Å². The molecule has 0 radical (unpaired) electrons. The van der Waals surface area contributed by atoms with Crippen molar-refractivity contribution in [3.05, 3.63) is 65.3 Å². The van der Waals surface area contributed by atoms with E-state index in [2.05, 4.69) is 36.4 Å². The zero-order valence-corrected chi connectivity index (χ0v) is 21.1. The standard InChI is InChI=1S/C26H26N8O5.CH4/c1-27-13-19-29-20(39-33-19)14-38-16-7-5-15(6-8-16)23-22-24(31-30-23)17-3-2-4-18(21(17)25(22)35)28-26(36)32-34-9-11-37-12-10-34;/h2-8,27H,9-14H2,1H3,(H,30,31)(H2,28,32,36);1H4. The summed E-state index contributed by atoms with van der Waals surface area (Å²) in [5, 5.41) is 18.9. The lowest BCUT2D eigenvalue weighted by Crippen LogP contribution is -2.49. The first-order valence-electron chi connectivity index (χ1n) is 12.5. The lowest BCUT2D eigenvalue weighted by atomic mass is 10.0. The molecule has 13 nitrogen and oxygen atoms in total. The fourth-order valence-electron chi connectivity index (χ4n) is 4.60. The Labute approximate surface area is 230 Å². The zero-order valence-electron chi connectivity index (χ0n) is 21.1. The fourth-order valence-corrected chi connectivity index (χ4v) is 4.60. The van der Waals surface area contributed by atoms with Gasteiger partial charge in [-0.25, -0.2) is 9.80 Å². The fraction of sp³-hybridized carbons (Fsp3) is 0.296. The van der Waals surface area contributed by atoms with Gasteiger partial charge in [0.05, 0.1) is 42.3 Å². The highest BCUT2D eigenvalue weighted by Gasteiger charge is 2.35. The van der Waals surface area contributed by atoms with E-state index < -0.39 is 6.03 Å². The molecule has 1 fully saturated rings. The highest BCUT2D eigenvalue weighted by atomic mass is 16.5. The molecule has 4 N–H and O–H groups in total. The Bertz CT molecular complexity index is 1510. The number of hydrogen-bond donors (Lipinski definition) is 4. The number of ketones is 1. The predicted octanol–water partition coefficient (Wildman–Crippen LogP) is 2.97. The van der Waals surface area contributed by atoms with Crippen LogP contribution in [0.2, 0.25) is 0 Å². The third kappa shape index (κ3) is 5.30. The lowest BCUT2D eigenvalue weighted by Gasteiger charge is -2.27. The molecule has 1 aliphatic carbocycles. The highest BCUT2D eigenvalue weighted by Crippen LogP contribution is 2.43. The number of benzene rings is 2. The molecule has 0 spiro atoms. The number of amides is 2. The third-order valence-corrected chi connectivity index (χ3v) is 6.41. The van der Waals surface area contributed by atoms with E-state index in [1.807, 2.05) is 18.2 Å². The number of aromatic nitrogens is 4. The molecule has 6 rings (SSSR count). The number of nitrogens with zero attached hydrogens (tertiary/aromatic N) is 4. The van der Waals surface area contributed by atoms with E-state index >= 15 is 0 Å². The van der Waals surface area contributed by atoms with Gasteiger partial charge in [0.2, 0.25) is 0 Å². The van der Waals surface area contributed by atoms with Gasteiger partial charge in [-0.3, -0.25) is 15.3 Å². The van der Waals surface area contributed by atoms with Crippen LogP contribution in [-0.4, -0.2) is 70.5 Å². The first-order chi connectivity index (χ1) is 19.1. The van der Waals surface area contributed by atoms with Crippen LogP contribution in [0, 0.1) is 0 Å². The molecule has 2 aromatic heterocycles. The van der Waals surface area contributed by atoms with Gasteiger partial charge in [0, 0.05) is 24.2 Å². The molecule has 0 atom stereocenters. The molecule has 0 unspecified atom stereocenters. The number of anilines is 1. The molecular weight excluding hydrogens is 516 g/mol. The molecule has 40 heavy (non-hydrogen) atoms. The van der Waals surface area contributed by atoms with Crippen molar-refractivity contribution in [2.45, 2.75) is 20.6 Å². The highest BCUT2D eigenvalue weighted by molar-refractivity contribution is 6.26. The van der Waals surface area contributed by atoms with Crippen LogP contribution in [0.4, 0.5) is 10.5 Å². The zero-order chi connectivity index (χ0) is 26.8. The van der Waals surface area contributed by atoms with Crippen LogP contribution in [0.25, 0.3) is 22.5 Å². The summed E-state index contributed by atoms with van der Waals surface area (Å²) < 4.78 is 16.2. The number of carbonyl (C=O) groups is 2. The van der Waals surface area contributed by atoms with Crippen LogP contribution in [0.5, 0.6) is 5.75 Å². The number of nitrogens with one attached hydrogen (secondary N) is 4. The summed E-state index contributed by atoms with van der Waals surface area (Å²) in [6.45, 7) is 2.93. The maximum absolute atomic E-state index is 13.6. The van der Waals surface area contributed by atoms with E-state index in [1.165, 1.54) is 0 Å². The second-order valence-electron chi connectivity index (χ2n) is 8.99. The number of carbonyl (C=O) groups excluding carboxylic acids is 2. The van der Waals surface area contributed by atoms with Gasteiger partial charge in [0.15, 0.2) is 18.2 Å². The Morgan fingerprint density at radius 3 is 2.70 bits per heavy atom. The minimum atomic E-state index is -0.415. The van der Waals surface area contributed by atoms with Gasteiger partial charge in [0.25, 0.3) is 5.89 Å². The van der Waals surface area contributed by atoms with Gasteiger partial charge in [-0.15, -0.1) is 0 Å². The number of ether oxygens (including phenoxy) is 2. The quantitative estimate of drug-likeness (QED) is 0.228. The Kier molecular flexibility index (Phi) is 7.86. The van der Waals surface area contributed by atoms with E-state index in [0.717, 1.165) is 5.56 Å². The number of hydrazine groups is 1. The first-order valence-corrected chi connectivity index (χ1v) is 12.5. The van der Waals surface area contributed by atoms with E-state index in [4.69, 9.17) is 14.0 Å². The van der Waals surface area contributed by atoms with Gasteiger partial charge < -0.3 is 24.6 Å². The van der Waals surface area contributed by atoms with E-state index in [0.29, 0.717) is 84.1 Å². The van der Waals surface area contributed by atoms with Crippen molar-refractivity contribution in [1.29, 1.82) is 0 Å². The third-order valence-electron chi connectivity index (χ3n) is 6.41. The van der Waals surface area contributed by atoms with Crippen molar-refractivity contribution in [2.24, 2.45) is 0 Å². The predicted molar refractivity (Wildman–Crippen MR) is 146 cm³/mol. The summed E-state index contributed by atoms with van der Waals surface area (Å²) >= 11 is 0. The topological polar surface area (TPSA) is 160 Å². The van der Waals surface area contributed by atoms with Crippen LogP contribution in [0.3, 0.4) is 0 Å². The van der Waals surface area contributed by atoms with Crippen LogP contribution in [-0.2, 0) is 17.9 Å². The lowest BCUT2D eigenvalue weighted by molar-refractivity contribution is 0.0207. The van der Waals surface area contributed by atoms with Crippen molar-refractivity contribution in [3.8, 4) is 28.3 Å². The normalized spacial score (nSPS) is 14.3. The number of fused-ring (bicyclic) bond motifs is 3. The van der Waals surface area contributed by atoms with Crippen LogP contribution >= 0.6 is 0 Å². The molecular formula is C27H30N8O5. The van der Waals surface area contributed by atoms with Crippen LogP contribution in [0.1, 0.15) is 35.1 Å². The molecule has 1 aliphatic heterocycles. The van der Waals surface area contributed by atoms with Crippen molar-refractivity contribution < 1.29 is 23.6 Å². The summed E-state index contributed by atoms with van der Waals surface area (Å²) in [7, 11) is 1.80. The minimum Gasteiger partial charge on any atom is -0.484 e. The number of hydrogen-bond acceptors (Lipinski definition) is 10. The number of rotatable bonds is 8. The molecule has 1 saturated heterocycles. The maximum Gasteiger partial charge on any atom is 0.333 e. The minimum absolute atomic E-state index is 0. The Hall–Kier alpha value is -4.59. The molecule has 2 amide bonds. The molecule has 208 valence electrons. The van der Waals surface area contributed by atoms with Crippen LogP contribution in [0.15, 0.2) is 47.0 Å². The Morgan fingerprint density at radius 1 is 1.12 bits per heavy atom.